The molecule has 0 atom stereocenters. The van der Waals surface area contributed by atoms with E-state index >= 15 is 0 Å². The molecule has 0 spiro atoms. The van der Waals surface area contributed by atoms with Gasteiger partial charge in [-0.3, -0.25) is 0 Å². The van der Waals surface area contributed by atoms with Crippen molar-refractivity contribution in [3.05, 3.63) is 67.0 Å². The number of aromatic nitrogens is 2. The minimum absolute atomic E-state index is 0. The predicted molar refractivity (Wildman–Crippen MR) is 116 cm³/mol. The highest BCUT2D eigenvalue weighted by atomic mass is 35.5. The molecule has 142 valence electrons. The molecule has 0 amide bonds. The third kappa shape index (κ3) is 3.36. The van der Waals surface area contributed by atoms with Gasteiger partial charge in [0.15, 0.2) is 0 Å². The van der Waals surface area contributed by atoms with Crippen LogP contribution < -0.4 is 5.32 Å². The van der Waals surface area contributed by atoms with E-state index in [1.165, 1.54) is 25.7 Å². The second kappa shape index (κ2) is 8.03. The molecular formula is C23H22ClN3O. The Labute approximate surface area is 170 Å². The van der Waals surface area contributed by atoms with Crippen LogP contribution in [0, 0.1) is 0 Å². The summed E-state index contributed by atoms with van der Waals surface area (Å²) in [6.45, 7) is 0. The fraction of sp³-hybridized carbons (Fsp3) is 0.217. The van der Waals surface area contributed by atoms with E-state index < -0.39 is 0 Å². The molecule has 0 radical (unpaired) electrons. The zero-order valence-corrected chi connectivity index (χ0v) is 16.3. The van der Waals surface area contributed by atoms with Crippen molar-refractivity contribution in [3.63, 3.8) is 0 Å². The lowest BCUT2D eigenvalue weighted by molar-refractivity contribution is 0.618. The standard InChI is InChI=1S/C23H21N3O.ClH/c1-3-9-16(10-4-1)19-20-22(26-18-13-7-8-14-18)24-15-25-23(20)27-21(19)17-11-5-2-6-12-17;/h1-6,9-12,15,18H,7-8,13-14H2,(H,24,25,26);1H. The molecule has 2 heterocycles. The van der Waals surface area contributed by atoms with Gasteiger partial charge in [0.25, 0.3) is 0 Å². The van der Waals surface area contributed by atoms with E-state index in [1.54, 1.807) is 6.33 Å². The van der Waals surface area contributed by atoms with E-state index in [4.69, 9.17) is 4.42 Å². The van der Waals surface area contributed by atoms with Crippen molar-refractivity contribution in [2.75, 3.05) is 5.32 Å². The van der Waals surface area contributed by atoms with Crippen molar-refractivity contribution >= 4 is 29.3 Å². The van der Waals surface area contributed by atoms with Crippen molar-refractivity contribution in [3.8, 4) is 22.5 Å². The SMILES string of the molecule is Cl.c1ccc(-c2oc3ncnc(NC4CCCC4)c3c2-c2ccccc2)cc1. The molecule has 1 aliphatic rings. The molecule has 4 aromatic rings. The number of nitrogens with zero attached hydrogens (tertiary/aromatic N) is 2. The first-order chi connectivity index (χ1) is 13.4. The van der Waals surface area contributed by atoms with Crippen LogP contribution in [0.3, 0.4) is 0 Å². The molecule has 0 saturated heterocycles. The summed E-state index contributed by atoms with van der Waals surface area (Å²) in [6, 6.07) is 21.1. The molecule has 2 aromatic heterocycles. The summed E-state index contributed by atoms with van der Waals surface area (Å²) >= 11 is 0. The van der Waals surface area contributed by atoms with Gasteiger partial charge in [-0.1, -0.05) is 73.5 Å². The number of benzene rings is 2. The third-order valence-electron chi connectivity index (χ3n) is 5.28. The van der Waals surface area contributed by atoms with Crippen molar-refractivity contribution in [1.82, 2.24) is 9.97 Å². The molecular weight excluding hydrogens is 370 g/mol. The molecule has 1 fully saturated rings. The van der Waals surface area contributed by atoms with E-state index in [0.717, 1.165) is 33.7 Å². The number of halogens is 1. The van der Waals surface area contributed by atoms with Crippen LogP contribution in [0.2, 0.25) is 0 Å². The van der Waals surface area contributed by atoms with E-state index in [0.29, 0.717) is 11.8 Å². The average molecular weight is 392 g/mol. The maximum absolute atomic E-state index is 6.25. The second-order valence-corrected chi connectivity index (χ2v) is 7.07. The summed E-state index contributed by atoms with van der Waals surface area (Å²) in [5.74, 6) is 1.71. The van der Waals surface area contributed by atoms with Crippen LogP contribution in [0.1, 0.15) is 25.7 Å². The molecule has 0 unspecified atom stereocenters. The van der Waals surface area contributed by atoms with Crippen LogP contribution in [0.15, 0.2) is 71.4 Å². The summed E-state index contributed by atoms with van der Waals surface area (Å²) in [5, 5.41) is 4.61. The highest BCUT2D eigenvalue weighted by Gasteiger charge is 2.24. The van der Waals surface area contributed by atoms with Gasteiger partial charge in [-0.25, -0.2) is 9.97 Å². The first-order valence-corrected chi connectivity index (χ1v) is 9.55. The van der Waals surface area contributed by atoms with Crippen molar-refractivity contribution in [2.24, 2.45) is 0 Å². The van der Waals surface area contributed by atoms with Gasteiger partial charge in [0, 0.05) is 17.2 Å². The Morgan fingerprint density at radius 3 is 2.14 bits per heavy atom. The molecule has 0 bridgehead atoms. The highest BCUT2D eigenvalue weighted by Crippen LogP contribution is 2.42. The maximum Gasteiger partial charge on any atom is 0.232 e. The Kier molecular flexibility index (Phi) is 5.31. The molecule has 1 aliphatic carbocycles. The fourth-order valence-corrected chi connectivity index (χ4v) is 3.98. The molecule has 2 aromatic carbocycles. The van der Waals surface area contributed by atoms with Crippen LogP contribution in [0.5, 0.6) is 0 Å². The number of furan rings is 1. The van der Waals surface area contributed by atoms with Gasteiger partial charge < -0.3 is 9.73 Å². The Bertz CT molecular complexity index is 1060. The lowest BCUT2D eigenvalue weighted by Crippen LogP contribution is -2.15. The first-order valence-electron chi connectivity index (χ1n) is 9.55. The molecule has 28 heavy (non-hydrogen) atoms. The van der Waals surface area contributed by atoms with E-state index in [-0.39, 0.29) is 12.4 Å². The van der Waals surface area contributed by atoms with Crippen LogP contribution in [-0.2, 0) is 0 Å². The maximum atomic E-state index is 6.25. The largest absolute Gasteiger partial charge is 0.437 e. The zero-order chi connectivity index (χ0) is 18.1. The minimum atomic E-state index is 0. The monoisotopic (exact) mass is 391 g/mol. The smallest absolute Gasteiger partial charge is 0.232 e. The third-order valence-corrected chi connectivity index (χ3v) is 5.28. The number of anilines is 1. The molecule has 1 N–H and O–H groups in total. The summed E-state index contributed by atoms with van der Waals surface area (Å²) < 4.78 is 6.25. The first kappa shape index (κ1) is 18.5. The number of hydrogen-bond donors (Lipinski definition) is 1. The van der Waals surface area contributed by atoms with Gasteiger partial charge in [0.2, 0.25) is 5.71 Å². The number of hydrogen-bond acceptors (Lipinski definition) is 4. The van der Waals surface area contributed by atoms with Crippen molar-refractivity contribution < 1.29 is 4.42 Å². The van der Waals surface area contributed by atoms with E-state index in [9.17, 15) is 0 Å². The van der Waals surface area contributed by atoms with Crippen LogP contribution in [0.4, 0.5) is 5.82 Å². The molecule has 5 heteroatoms. The zero-order valence-electron chi connectivity index (χ0n) is 15.5. The quantitative estimate of drug-likeness (QED) is 0.441. The highest BCUT2D eigenvalue weighted by molar-refractivity contribution is 6.05. The van der Waals surface area contributed by atoms with Crippen LogP contribution in [0.25, 0.3) is 33.6 Å². The topological polar surface area (TPSA) is 51.0 Å². The fourth-order valence-electron chi connectivity index (χ4n) is 3.98. The van der Waals surface area contributed by atoms with Gasteiger partial charge in [0.1, 0.15) is 17.9 Å². The minimum Gasteiger partial charge on any atom is -0.437 e. The molecule has 1 saturated carbocycles. The summed E-state index contributed by atoms with van der Waals surface area (Å²) in [7, 11) is 0. The van der Waals surface area contributed by atoms with Gasteiger partial charge >= 0.3 is 0 Å². The molecule has 0 aliphatic heterocycles. The number of rotatable bonds is 4. The number of nitrogens with one attached hydrogen (secondary N) is 1. The molecule has 4 nitrogen and oxygen atoms in total. The Morgan fingerprint density at radius 2 is 1.46 bits per heavy atom. The summed E-state index contributed by atoms with van der Waals surface area (Å²) in [5.41, 5.74) is 3.83. The van der Waals surface area contributed by atoms with Crippen molar-refractivity contribution in [2.45, 2.75) is 31.7 Å². The van der Waals surface area contributed by atoms with Crippen LogP contribution >= 0.6 is 12.4 Å². The summed E-state index contributed by atoms with van der Waals surface area (Å²) in [4.78, 5) is 9.01. The lowest BCUT2D eigenvalue weighted by atomic mass is 9.99. The van der Waals surface area contributed by atoms with Gasteiger partial charge in [0.05, 0.1) is 5.39 Å². The Morgan fingerprint density at radius 1 is 0.821 bits per heavy atom. The lowest BCUT2D eigenvalue weighted by Gasteiger charge is -2.13. The predicted octanol–water partition coefficient (Wildman–Crippen LogP) is 6.33. The van der Waals surface area contributed by atoms with E-state index in [2.05, 4.69) is 51.7 Å². The second-order valence-electron chi connectivity index (χ2n) is 7.07. The normalized spacial score (nSPS) is 14.1. The molecule has 5 rings (SSSR count). The van der Waals surface area contributed by atoms with E-state index in [1.807, 2.05) is 24.3 Å². The van der Waals surface area contributed by atoms with Gasteiger partial charge in [-0.2, -0.15) is 0 Å². The van der Waals surface area contributed by atoms with Gasteiger partial charge in [-0.05, 0) is 18.4 Å². The Hall–Kier alpha value is -2.85. The summed E-state index contributed by atoms with van der Waals surface area (Å²) in [6.07, 6.45) is 6.52. The number of fused-ring (bicyclic) bond motifs is 1. The van der Waals surface area contributed by atoms with Gasteiger partial charge in [-0.15, -0.1) is 12.4 Å². The average Bonchev–Trinajstić information content (AvgIpc) is 3.37. The Balaban J connectivity index is 0.00000192. The van der Waals surface area contributed by atoms with Crippen LogP contribution in [-0.4, -0.2) is 16.0 Å². The van der Waals surface area contributed by atoms with Crippen molar-refractivity contribution in [1.29, 1.82) is 0 Å².